The standard InChI is InChI=1S/C23H25NO5/c1-13(2)16-6-5-14(3)21(10-16)28-12-22(26)29-11-20(25)17-7-8-19-18(9-17)15(4)23(27)24-19/h5-10,13,15H,11-12H2,1-4H3,(H,24,27)/t15-/m1/s1. The highest BCUT2D eigenvalue weighted by atomic mass is 16.6. The first-order valence-electron chi connectivity index (χ1n) is 9.63. The summed E-state index contributed by atoms with van der Waals surface area (Å²) in [6.07, 6.45) is 0. The van der Waals surface area contributed by atoms with Gasteiger partial charge in [-0.15, -0.1) is 0 Å². The van der Waals surface area contributed by atoms with Gasteiger partial charge in [0.1, 0.15) is 5.75 Å². The molecule has 152 valence electrons. The summed E-state index contributed by atoms with van der Waals surface area (Å²) in [5, 5.41) is 2.76. The molecule has 0 spiro atoms. The second kappa shape index (κ2) is 8.47. The molecule has 0 radical (unpaired) electrons. The van der Waals surface area contributed by atoms with Crippen molar-refractivity contribution < 1.29 is 23.9 Å². The second-order valence-corrected chi connectivity index (χ2v) is 7.57. The molecule has 1 atom stereocenters. The van der Waals surface area contributed by atoms with Crippen molar-refractivity contribution in [3.63, 3.8) is 0 Å². The Morgan fingerprint density at radius 3 is 2.59 bits per heavy atom. The monoisotopic (exact) mass is 395 g/mol. The van der Waals surface area contributed by atoms with Crippen molar-refractivity contribution >= 4 is 23.3 Å². The lowest BCUT2D eigenvalue weighted by molar-refractivity contribution is -0.144. The Balaban J connectivity index is 1.54. The number of rotatable bonds is 7. The number of aryl methyl sites for hydroxylation is 1. The maximum absolute atomic E-state index is 12.4. The van der Waals surface area contributed by atoms with E-state index in [0.717, 1.165) is 16.7 Å². The first-order chi connectivity index (χ1) is 13.8. The predicted molar refractivity (Wildman–Crippen MR) is 110 cm³/mol. The molecule has 0 unspecified atom stereocenters. The van der Waals surface area contributed by atoms with Gasteiger partial charge in [-0.2, -0.15) is 0 Å². The molecule has 0 aliphatic carbocycles. The molecule has 6 nitrogen and oxygen atoms in total. The molecular formula is C23H25NO5. The third kappa shape index (κ3) is 4.65. The van der Waals surface area contributed by atoms with Gasteiger partial charge < -0.3 is 14.8 Å². The molecule has 1 N–H and O–H groups in total. The number of Topliss-reactive ketones (excluding diaryl/α,β-unsaturated/α-hetero) is 1. The fourth-order valence-corrected chi connectivity index (χ4v) is 3.13. The zero-order valence-corrected chi connectivity index (χ0v) is 17.1. The topological polar surface area (TPSA) is 81.7 Å². The van der Waals surface area contributed by atoms with Crippen LogP contribution in [0, 0.1) is 6.92 Å². The predicted octanol–water partition coefficient (Wildman–Crippen LogP) is 3.98. The maximum Gasteiger partial charge on any atom is 0.344 e. The highest BCUT2D eigenvalue weighted by Crippen LogP contribution is 2.32. The molecule has 0 saturated heterocycles. The Hall–Kier alpha value is -3.15. The molecule has 0 saturated carbocycles. The van der Waals surface area contributed by atoms with Crippen LogP contribution in [0.25, 0.3) is 0 Å². The Kier molecular flexibility index (Phi) is 6.01. The van der Waals surface area contributed by atoms with Crippen molar-refractivity contribution in [2.24, 2.45) is 0 Å². The van der Waals surface area contributed by atoms with Crippen molar-refractivity contribution in [3.05, 3.63) is 58.7 Å². The number of esters is 1. The van der Waals surface area contributed by atoms with E-state index < -0.39 is 5.97 Å². The molecule has 1 amide bonds. The molecule has 1 aliphatic rings. The highest BCUT2D eigenvalue weighted by Gasteiger charge is 2.27. The summed E-state index contributed by atoms with van der Waals surface area (Å²) in [4.78, 5) is 36.1. The minimum atomic E-state index is -0.612. The smallest absolute Gasteiger partial charge is 0.344 e. The summed E-state index contributed by atoms with van der Waals surface area (Å²) < 4.78 is 10.7. The van der Waals surface area contributed by atoms with Crippen LogP contribution in [-0.2, 0) is 14.3 Å². The van der Waals surface area contributed by atoms with Gasteiger partial charge in [0.2, 0.25) is 5.91 Å². The molecule has 1 aliphatic heterocycles. The number of carbonyl (C=O) groups is 3. The normalized spacial score (nSPS) is 15.1. The largest absolute Gasteiger partial charge is 0.482 e. The summed E-state index contributed by atoms with van der Waals surface area (Å²) in [5.41, 5.74) is 3.93. The van der Waals surface area contributed by atoms with Gasteiger partial charge in [-0.3, -0.25) is 9.59 Å². The fourth-order valence-electron chi connectivity index (χ4n) is 3.13. The van der Waals surface area contributed by atoms with E-state index in [9.17, 15) is 14.4 Å². The van der Waals surface area contributed by atoms with E-state index in [1.807, 2.05) is 25.1 Å². The second-order valence-electron chi connectivity index (χ2n) is 7.57. The number of hydrogen-bond donors (Lipinski definition) is 1. The fraction of sp³-hybridized carbons (Fsp3) is 0.348. The van der Waals surface area contributed by atoms with E-state index >= 15 is 0 Å². The first kappa shape index (κ1) is 20.6. The molecule has 0 bridgehead atoms. The van der Waals surface area contributed by atoms with Crippen molar-refractivity contribution in [3.8, 4) is 5.75 Å². The molecule has 2 aromatic rings. The van der Waals surface area contributed by atoms with Gasteiger partial charge in [0.15, 0.2) is 19.0 Å². The number of benzene rings is 2. The van der Waals surface area contributed by atoms with E-state index in [1.165, 1.54) is 0 Å². The summed E-state index contributed by atoms with van der Waals surface area (Å²) in [5.74, 6) is -0.361. The molecule has 0 aromatic heterocycles. The van der Waals surface area contributed by atoms with E-state index in [2.05, 4.69) is 19.2 Å². The lowest BCUT2D eigenvalue weighted by Gasteiger charge is -2.12. The van der Waals surface area contributed by atoms with Gasteiger partial charge in [0.25, 0.3) is 0 Å². The number of anilines is 1. The van der Waals surface area contributed by atoms with Gasteiger partial charge in [0.05, 0.1) is 5.92 Å². The Morgan fingerprint density at radius 2 is 1.86 bits per heavy atom. The summed E-state index contributed by atoms with van der Waals surface area (Å²) >= 11 is 0. The molecule has 29 heavy (non-hydrogen) atoms. The zero-order valence-electron chi connectivity index (χ0n) is 17.1. The average molecular weight is 395 g/mol. The maximum atomic E-state index is 12.4. The molecule has 6 heteroatoms. The van der Waals surface area contributed by atoms with Crippen LogP contribution in [0.3, 0.4) is 0 Å². The zero-order chi connectivity index (χ0) is 21.1. The summed E-state index contributed by atoms with van der Waals surface area (Å²) in [6, 6.07) is 10.9. The van der Waals surface area contributed by atoms with Crippen LogP contribution >= 0.6 is 0 Å². The summed E-state index contributed by atoms with van der Waals surface area (Å²) in [6.45, 7) is 7.21. The lowest BCUT2D eigenvalue weighted by atomic mass is 9.99. The summed E-state index contributed by atoms with van der Waals surface area (Å²) in [7, 11) is 0. The van der Waals surface area contributed by atoms with E-state index in [1.54, 1.807) is 25.1 Å². The SMILES string of the molecule is Cc1ccc(C(C)C)cc1OCC(=O)OCC(=O)c1ccc2c(c1)[C@@H](C)C(=O)N2. The highest BCUT2D eigenvalue weighted by molar-refractivity contribution is 6.05. The Labute approximate surface area is 170 Å². The van der Waals surface area contributed by atoms with Crippen LogP contribution in [0.5, 0.6) is 5.75 Å². The van der Waals surface area contributed by atoms with Gasteiger partial charge in [-0.05, 0) is 60.7 Å². The third-order valence-electron chi connectivity index (χ3n) is 5.08. The lowest BCUT2D eigenvalue weighted by Crippen LogP contribution is -2.20. The number of nitrogens with one attached hydrogen (secondary N) is 1. The molecule has 2 aromatic carbocycles. The number of carbonyl (C=O) groups excluding carboxylic acids is 3. The van der Waals surface area contributed by atoms with E-state index in [0.29, 0.717) is 22.9 Å². The third-order valence-corrected chi connectivity index (χ3v) is 5.08. The first-order valence-corrected chi connectivity index (χ1v) is 9.63. The van der Waals surface area contributed by atoms with Crippen molar-refractivity contribution in [2.45, 2.75) is 39.5 Å². The Morgan fingerprint density at radius 1 is 1.10 bits per heavy atom. The number of ketones is 1. The number of fused-ring (bicyclic) bond motifs is 1. The molecule has 1 heterocycles. The van der Waals surface area contributed by atoms with Gasteiger partial charge >= 0.3 is 5.97 Å². The Bertz CT molecular complexity index is 964. The number of ether oxygens (including phenoxy) is 2. The van der Waals surface area contributed by atoms with E-state index in [4.69, 9.17) is 9.47 Å². The van der Waals surface area contributed by atoms with Gasteiger partial charge in [-0.1, -0.05) is 26.0 Å². The van der Waals surface area contributed by atoms with Gasteiger partial charge in [0, 0.05) is 11.3 Å². The minimum absolute atomic E-state index is 0.0926. The van der Waals surface area contributed by atoms with Crippen LogP contribution in [0.2, 0.25) is 0 Å². The minimum Gasteiger partial charge on any atom is -0.482 e. The van der Waals surface area contributed by atoms with Crippen molar-refractivity contribution in [1.82, 2.24) is 0 Å². The van der Waals surface area contributed by atoms with Crippen LogP contribution in [0.4, 0.5) is 5.69 Å². The van der Waals surface area contributed by atoms with Crippen molar-refractivity contribution in [2.75, 3.05) is 18.5 Å². The van der Waals surface area contributed by atoms with Crippen LogP contribution in [0.15, 0.2) is 36.4 Å². The van der Waals surface area contributed by atoms with Crippen molar-refractivity contribution in [1.29, 1.82) is 0 Å². The van der Waals surface area contributed by atoms with Crippen LogP contribution < -0.4 is 10.1 Å². The molecular weight excluding hydrogens is 370 g/mol. The number of amides is 1. The quantitative estimate of drug-likeness (QED) is 0.566. The van der Waals surface area contributed by atoms with Crippen LogP contribution in [0.1, 0.15) is 59.7 Å². The van der Waals surface area contributed by atoms with E-state index in [-0.39, 0.29) is 30.8 Å². The molecule has 3 rings (SSSR count). The average Bonchev–Trinajstić information content (AvgIpc) is 2.98. The van der Waals surface area contributed by atoms with Gasteiger partial charge in [-0.25, -0.2) is 4.79 Å². The number of hydrogen-bond acceptors (Lipinski definition) is 5. The molecule has 0 fully saturated rings. The van der Waals surface area contributed by atoms with Crippen LogP contribution in [-0.4, -0.2) is 30.9 Å².